The minimum Gasteiger partial charge on any atom is -0.508 e. The van der Waals surface area contributed by atoms with Crippen molar-refractivity contribution in [3.8, 4) is 5.75 Å². The number of hydrogen-bond acceptors (Lipinski definition) is 6. The Morgan fingerprint density at radius 1 is 1.11 bits per heavy atom. The summed E-state index contributed by atoms with van der Waals surface area (Å²) in [5.41, 5.74) is 5.03. The molecule has 194 valence electrons. The number of carbonyl (C=O) groups is 4. The van der Waals surface area contributed by atoms with Gasteiger partial charge in [0.2, 0.25) is 17.7 Å². The zero-order valence-corrected chi connectivity index (χ0v) is 21.0. The van der Waals surface area contributed by atoms with Crippen LogP contribution in [0.2, 0.25) is 0 Å². The van der Waals surface area contributed by atoms with Crippen LogP contribution < -0.4 is 16.4 Å². The summed E-state index contributed by atoms with van der Waals surface area (Å²) in [4.78, 5) is 52.5. The standard InChI is InChI=1S/C25H38N4O6/c1-5-29(23(33)19(15-20(26)31)28-24(34)35-25(2,3)4)21(16-11-13-18(30)14-12-16)22(32)27-17-9-7-6-8-10-17/h11-14,17,19,21,30H,5-10,15H2,1-4H3,(H2,26,31)(H,27,32)(H,28,34). The molecular weight excluding hydrogens is 452 g/mol. The fourth-order valence-electron chi connectivity index (χ4n) is 4.17. The number of aromatic hydroxyl groups is 1. The molecule has 1 aliphatic rings. The van der Waals surface area contributed by atoms with Gasteiger partial charge in [-0.3, -0.25) is 14.4 Å². The molecule has 2 atom stereocenters. The Kier molecular flexibility index (Phi) is 9.91. The Balaban J connectivity index is 2.36. The third kappa shape index (κ3) is 8.77. The van der Waals surface area contributed by atoms with E-state index in [4.69, 9.17) is 10.5 Å². The maximum atomic E-state index is 13.6. The number of nitrogens with two attached hydrogens (primary N) is 1. The lowest BCUT2D eigenvalue weighted by molar-refractivity contribution is -0.143. The lowest BCUT2D eigenvalue weighted by Gasteiger charge is -2.35. The molecule has 4 amide bonds. The minimum atomic E-state index is -1.32. The number of hydrogen-bond donors (Lipinski definition) is 4. The van der Waals surface area contributed by atoms with Crippen molar-refractivity contribution in [3.05, 3.63) is 29.8 Å². The van der Waals surface area contributed by atoms with Gasteiger partial charge in [-0.05, 0) is 58.2 Å². The Labute approximate surface area is 206 Å². The van der Waals surface area contributed by atoms with Crippen molar-refractivity contribution in [2.24, 2.45) is 5.73 Å². The van der Waals surface area contributed by atoms with Gasteiger partial charge < -0.3 is 31.1 Å². The Morgan fingerprint density at radius 3 is 2.23 bits per heavy atom. The molecule has 0 aromatic heterocycles. The van der Waals surface area contributed by atoms with E-state index in [-0.39, 0.29) is 24.2 Å². The van der Waals surface area contributed by atoms with E-state index in [2.05, 4.69) is 10.6 Å². The average molecular weight is 491 g/mol. The van der Waals surface area contributed by atoms with Gasteiger partial charge in [-0.25, -0.2) is 4.79 Å². The predicted octanol–water partition coefficient (Wildman–Crippen LogP) is 2.50. The number of nitrogens with zero attached hydrogens (tertiary/aromatic N) is 1. The van der Waals surface area contributed by atoms with Crippen molar-refractivity contribution in [1.29, 1.82) is 0 Å². The van der Waals surface area contributed by atoms with Crippen LogP contribution in [0.25, 0.3) is 0 Å². The number of phenols is 1. The number of likely N-dealkylation sites (N-methyl/N-ethyl adjacent to an activating group) is 1. The highest BCUT2D eigenvalue weighted by molar-refractivity contribution is 5.94. The molecule has 0 bridgehead atoms. The molecule has 2 unspecified atom stereocenters. The number of amides is 4. The molecule has 1 aromatic carbocycles. The van der Waals surface area contributed by atoms with E-state index >= 15 is 0 Å². The molecule has 1 saturated carbocycles. The first-order chi connectivity index (χ1) is 16.4. The van der Waals surface area contributed by atoms with Gasteiger partial charge in [-0.1, -0.05) is 31.4 Å². The van der Waals surface area contributed by atoms with E-state index in [1.165, 1.54) is 17.0 Å². The van der Waals surface area contributed by atoms with Crippen LogP contribution in [-0.2, 0) is 19.1 Å². The molecule has 5 N–H and O–H groups in total. The van der Waals surface area contributed by atoms with Crippen molar-refractivity contribution >= 4 is 23.8 Å². The topological polar surface area (TPSA) is 151 Å². The van der Waals surface area contributed by atoms with Crippen LogP contribution in [0.15, 0.2) is 24.3 Å². The zero-order chi connectivity index (χ0) is 26.2. The van der Waals surface area contributed by atoms with Crippen molar-refractivity contribution in [1.82, 2.24) is 15.5 Å². The summed E-state index contributed by atoms with van der Waals surface area (Å²) in [6.45, 7) is 6.84. The molecule has 1 fully saturated rings. The summed E-state index contributed by atoms with van der Waals surface area (Å²) in [5.74, 6) is -1.78. The Morgan fingerprint density at radius 2 is 1.71 bits per heavy atom. The monoisotopic (exact) mass is 490 g/mol. The number of rotatable bonds is 9. The van der Waals surface area contributed by atoms with Gasteiger partial charge in [0.05, 0.1) is 6.42 Å². The molecule has 35 heavy (non-hydrogen) atoms. The molecular formula is C25H38N4O6. The smallest absolute Gasteiger partial charge is 0.408 e. The molecule has 2 rings (SSSR count). The first-order valence-corrected chi connectivity index (χ1v) is 12.1. The fraction of sp³-hybridized carbons (Fsp3) is 0.600. The van der Waals surface area contributed by atoms with E-state index < -0.39 is 42.0 Å². The first-order valence-electron chi connectivity index (χ1n) is 12.1. The van der Waals surface area contributed by atoms with E-state index in [0.29, 0.717) is 5.56 Å². The van der Waals surface area contributed by atoms with Crippen molar-refractivity contribution in [2.75, 3.05) is 6.54 Å². The van der Waals surface area contributed by atoms with Gasteiger partial charge in [0.25, 0.3) is 0 Å². The van der Waals surface area contributed by atoms with E-state index in [0.717, 1.165) is 32.1 Å². The predicted molar refractivity (Wildman–Crippen MR) is 130 cm³/mol. The van der Waals surface area contributed by atoms with E-state index in [1.807, 2.05) is 0 Å². The van der Waals surface area contributed by atoms with Gasteiger partial charge in [-0.15, -0.1) is 0 Å². The number of benzene rings is 1. The van der Waals surface area contributed by atoms with Crippen LogP contribution in [-0.4, -0.2) is 58.1 Å². The normalized spacial score (nSPS) is 16.0. The van der Waals surface area contributed by atoms with Crippen molar-refractivity contribution in [2.45, 2.75) is 89.9 Å². The SMILES string of the molecule is CCN(C(=O)C(CC(N)=O)NC(=O)OC(C)(C)C)C(C(=O)NC1CCCCC1)c1ccc(O)cc1. The molecule has 1 aliphatic carbocycles. The van der Waals surface area contributed by atoms with E-state index in [1.54, 1.807) is 39.8 Å². The summed E-state index contributed by atoms with van der Waals surface area (Å²) in [6, 6.07) is 3.67. The second-order valence-corrected chi connectivity index (χ2v) is 9.83. The summed E-state index contributed by atoms with van der Waals surface area (Å²) in [6.07, 6.45) is 3.55. The highest BCUT2D eigenvalue weighted by atomic mass is 16.6. The largest absolute Gasteiger partial charge is 0.508 e. The third-order valence-corrected chi connectivity index (χ3v) is 5.74. The summed E-state index contributed by atoms with van der Waals surface area (Å²) < 4.78 is 5.24. The van der Waals surface area contributed by atoms with Gasteiger partial charge in [0, 0.05) is 12.6 Å². The first kappa shape index (κ1) is 27.9. The quantitative estimate of drug-likeness (QED) is 0.417. The number of ether oxygens (including phenoxy) is 1. The molecule has 1 aromatic rings. The van der Waals surface area contributed by atoms with Crippen LogP contribution >= 0.6 is 0 Å². The third-order valence-electron chi connectivity index (χ3n) is 5.74. The molecule has 0 saturated heterocycles. The van der Waals surface area contributed by atoms with Crippen LogP contribution in [0.3, 0.4) is 0 Å². The van der Waals surface area contributed by atoms with Gasteiger partial charge >= 0.3 is 6.09 Å². The molecule has 0 aliphatic heterocycles. The second kappa shape index (κ2) is 12.4. The molecule has 10 heteroatoms. The second-order valence-electron chi connectivity index (χ2n) is 9.83. The highest BCUT2D eigenvalue weighted by Gasteiger charge is 2.37. The molecule has 10 nitrogen and oxygen atoms in total. The molecule has 0 radical (unpaired) electrons. The average Bonchev–Trinajstić information content (AvgIpc) is 2.76. The lowest BCUT2D eigenvalue weighted by atomic mass is 9.94. The maximum absolute atomic E-state index is 13.6. The Hall–Kier alpha value is -3.30. The Bertz CT molecular complexity index is 890. The highest BCUT2D eigenvalue weighted by Crippen LogP contribution is 2.26. The van der Waals surface area contributed by atoms with Crippen LogP contribution in [0.1, 0.15) is 77.8 Å². The van der Waals surface area contributed by atoms with Crippen molar-refractivity contribution < 1.29 is 29.0 Å². The van der Waals surface area contributed by atoms with Crippen LogP contribution in [0.5, 0.6) is 5.75 Å². The van der Waals surface area contributed by atoms with Gasteiger partial charge in [0.15, 0.2) is 0 Å². The fourth-order valence-corrected chi connectivity index (χ4v) is 4.17. The maximum Gasteiger partial charge on any atom is 0.408 e. The number of alkyl carbamates (subject to hydrolysis) is 1. The zero-order valence-electron chi connectivity index (χ0n) is 21.0. The summed E-state index contributed by atoms with van der Waals surface area (Å²) in [5, 5.41) is 15.2. The minimum absolute atomic E-state index is 0.00554. The lowest BCUT2D eigenvalue weighted by Crippen LogP contribution is -2.54. The van der Waals surface area contributed by atoms with Crippen LogP contribution in [0.4, 0.5) is 4.79 Å². The van der Waals surface area contributed by atoms with Crippen LogP contribution in [0, 0.1) is 0 Å². The number of primary amides is 1. The number of phenolic OH excluding ortho intramolecular Hbond substituents is 1. The summed E-state index contributed by atoms with van der Waals surface area (Å²) in [7, 11) is 0. The van der Waals surface area contributed by atoms with Gasteiger partial charge in [0.1, 0.15) is 23.4 Å². The van der Waals surface area contributed by atoms with Crippen molar-refractivity contribution in [3.63, 3.8) is 0 Å². The molecule has 0 heterocycles. The number of carbonyl (C=O) groups excluding carboxylic acids is 4. The molecule has 0 spiro atoms. The summed E-state index contributed by atoms with van der Waals surface area (Å²) >= 11 is 0. The van der Waals surface area contributed by atoms with Gasteiger partial charge in [-0.2, -0.15) is 0 Å². The van der Waals surface area contributed by atoms with E-state index in [9.17, 15) is 24.3 Å². The number of nitrogens with one attached hydrogen (secondary N) is 2.